The minimum Gasteiger partial charge on any atom is -0.370 e. The van der Waals surface area contributed by atoms with E-state index >= 15 is 0 Å². The minimum atomic E-state index is 0. The Morgan fingerprint density at radius 2 is 2.23 bits per heavy atom. The molecule has 5 nitrogen and oxygen atoms in total. The molecular weight excluding hydrogens is 391 g/mol. The molecule has 1 aromatic carbocycles. The van der Waals surface area contributed by atoms with E-state index in [2.05, 4.69) is 15.6 Å². The van der Waals surface area contributed by atoms with Gasteiger partial charge >= 0.3 is 0 Å². The highest BCUT2D eigenvalue weighted by molar-refractivity contribution is 14.0. The van der Waals surface area contributed by atoms with Crippen LogP contribution in [0.2, 0.25) is 0 Å². The lowest BCUT2D eigenvalue weighted by atomic mass is 9.85. The van der Waals surface area contributed by atoms with Gasteiger partial charge in [0.15, 0.2) is 5.96 Å². The number of carbonyl (C=O) groups excluding carboxylic acids is 1. The van der Waals surface area contributed by atoms with Crippen LogP contribution in [0.1, 0.15) is 40.7 Å². The van der Waals surface area contributed by atoms with Gasteiger partial charge in [-0.25, -0.2) is 4.99 Å². The summed E-state index contributed by atoms with van der Waals surface area (Å²) in [6, 6.07) is 5.98. The predicted molar refractivity (Wildman–Crippen MR) is 98.6 cm³/mol. The van der Waals surface area contributed by atoms with Crippen molar-refractivity contribution in [2.75, 3.05) is 13.1 Å². The quantitative estimate of drug-likeness (QED) is 0.400. The molecule has 4 N–H and O–H groups in total. The van der Waals surface area contributed by atoms with Crippen molar-refractivity contribution in [2.24, 2.45) is 16.6 Å². The Balaban J connectivity index is 0.00000176. The molecule has 1 saturated carbocycles. The van der Waals surface area contributed by atoms with Crippen LogP contribution in [-0.2, 0) is 13.0 Å². The Bertz CT molecular complexity index is 569. The summed E-state index contributed by atoms with van der Waals surface area (Å²) in [5.41, 5.74) is 8.77. The molecule has 0 saturated heterocycles. The second kappa shape index (κ2) is 7.80. The number of fused-ring (bicyclic) bond motifs is 1. The first-order valence-electron chi connectivity index (χ1n) is 7.66. The Morgan fingerprint density at radius 3 is 2.95 bits per heavy atom. The number of carbonyl (C=O) groups is 1. The fourth-order valence-electron chi connectivity index (χ4n) is 2.74. The van der Waals surface area contributed by atoms with Crippen molar-refractivity contribution in [2.45, 2.75) is 32.2 Å². The van der Waals surface area contributed by atoms with Crippen LogP contribution in [-0.4, -0.2) is 25.0 Å². The van der Waals surface area contributed by atoms with E-state index in [1.165, 1.54) is 19.3 Å². The van der Waals surface area contributed by atoms with Gasteiger partial charge in [-0.2, -0.15) is 0 Å². The lowest BCUT2D eigenvalue weighted by molar-refractivity contribution is 0.0946. The van der Waals surface area contributed by atoms with Crippen molar-refractivity contribution < 1.29 is 4.79 Å². The Morgan fingerprint density at radius 1 is 1.41 bits per heavy atom. The lowest BCUT2D eigenvalue weighted by Crippen LogP contribution is -2.37. The number of hydrogen-bond donors (Lipinski definition) is 3. The van der Waals surface area contributed by atoms with E-state index in [9.17, 15) is 4.79 Å². The smallest absolute Gasteiger partial charge is 0.251 e. The van der Waals surface area contributed by atoms with Gasteiger partial charge in [0.2, 0.25) is 0 Å². The van der Waals surface area contributed by atoms with Crippen molar-refractivity contribution in [3.63, 3.8) is 0 Å². The van der Waals surface area contributed by atoms with Gasteiger partial charge in [0.1, 0.15) is 0 Å². The molecule has 0 bridgehead atoms. The average Bonchev–Trinajstić information content (AvgIpc) is 2.44. The summed E-state index contributed by atoms with van der Waals surface area (Å²) in [7, 11) is 0. The first-order chi connectivity index (χ1) is 10.2. The van der Waals surface area contributed by atoms with E-state index in [1.807, 2.05) is 18.2 Å². The molecule has 22 heavy (non-hydrogen) atoms. The lowest BCUT2D eigenvalue weighted by Gasteiger charge is -2.25. The summed E-state index contributed by atoms with van der Waals surface area (Å²) in [4.78, 5) is 16.2. The largest absolute Gasteiger partial charge is 0.370 e. The predicted octanol–water partition coefficient (Wildman–Crippen LogP) is 1.79. The van der Waals surface area contributed by atoms with Crippen LogP contribution in [0.5, 0.6) is 0 Å². The maximum atomic E-state index is 11.8. The van der Waals surface area contributed by atoms with Gasteiger partial charge in [-0.15, -0.1) is 24.0 Å². The Hall–Kier alpha value is -1.31. The van der Waals surface area contributed by atoms with Crippen LogP contribution >= 0.6 is 24.0 Å². The SMILES string of the molecule is I.NC(=NCc1ccc2c(c1)C(=O)NCC2)NCC1CCC1. The molecule has 0 unspecified atom stereocenters. The molecule has 1 aliphatic heterocycles. The molecule has 0 aromatic heterocycles. The van der Waals surface area contributed by atoms with Crippen LogP contribution in [0.15, 0.2) is 23.2 Å². The summed E-state index contributed by atoms with van der Waals surface area (Å²) in [5, 5.41) is 6.04. The normalized spacial score (nSPS) is 17.8. The third-order valence-corrected chi connectivity index (χ3v) is 4.33. The molecule has 1 aromatic rings. The number of aliphatic imine (C=N–C) groups is 1. The highest BCUT2D eigenvalue weighted by atomic mass is 127. The highest BCUT2D eigenvalue weighted by Crippen LogP contribution is 2.25. The van der Waals surface area contributed by atoms with Gasteiger partial charge in [0.25, 0.3) is 5.91 Å². The zero-order chi connectivity index (χ0) is 14.7. The molecule has 0 atom stereocenters. The number of rotatable bonds is 4. The standard InChI is InChI=1S/C16H22N4O.HI/c17-16(19-9-11-2-1-3-11)20-10-12-4-5-13-6-7-18-15(21)14(13)8-12;/h4-5,8,11H,1-3,6-7,9-10H2,(H,18,21)(H3,17,19,20);1H. The van der Waals surface area contributed by atoms with Gasteiger partial charge in [0, 0.05) is 18.7 Å². The number of benzene rings is 1. The third-order valence-electron chi connectivity index (χ3n) is 4.33. The molecule has 0 radical (unpaired) electrons. The number of halogens is 1. The van der Waals surface area contributed by atoms with Gasteiger partial charge in [-0.3, -0.25) is 4.79 Å². The number of nitrogens with one attached hydrogen (secondary N) is 2. The maximum absolute atomic E-state index is 11.8. The van der Waals surface area contributed by atoms with E-state index in [0.717, 1.165) is 42.1 Å². The number of nitrogens with two attached hydrogens (primary N) is 1. The Labute approximate surface area is 148 Å². The van der Waals surface area contributed by atoms with Gasteiger partial charge in [0.05, 0.1) is 6.54 Å². The first-order valence-corrected chi connectivity index (χ1v) is 7.66. The molecule has 1 aliphatic carbocycles. The summed E-state index contributed by atoms with van der Waals surface area (Å²) in [6.07, 6.45) is 4.82. The fraction of sp³-hybridized carbons (Fsp3) is 0.500. The monoisotopic (exact) mass is 414 g/mol. The van der Waals surface area contributed by atoms with Crippen molar-refractivity contribution in [1.29, 1.82) is 0 Å². The number of guanidine groups is 1. The molecule has 6 heteroatoms. The van der Waals surface area contributed by atoms with E-state index < -0.39 is 0 Å². The minimum absolute atomic E-state index is 0. The maximum Gasteiger partial charge on any atom is 0.251 e. The summed E-state index contributed by atoms with van der Waals surface area (Å²) >= 11 is 0. The zero-order valence-corrected chi connectivity index (χ0v) is 14.9. The topological polar surface area (TPSA) is 79.5 Å². The van der Waals surface area contributed by atoms with Gasteiger partial charge in [-0.1, -0.05) is 18.6 Å². The van der Waals surface area contributed by atoms with Gasteiger partial charge in [-0.05, 0) is 42.4 Å². The molecule has 0 spiro atoms. The number of amides is 1. The third kappa shape index (κ3) is 4.12. The second-order valence-corrected chi connectivity index (χ2v) is 5.88. The summed E-state index contributed by atoms with van der Waals surface area (Å²) in [6.45, 7) is 2.15. The van der Waals surface area contributed by atoms with Crippen LogP contribution in [0.3, 0.4) is 0 Å². The zero-order valence-electron chi connectivity index (χ0n) is 12.6. The molecule has 1 amide bonds. The summed E-state index contributed by atoms with van der Waals surface area (Å²) in [5.74, 6) is 1.26. The van der Waals surface area contributed by atoms with Crippen molar-refractivity contribution in [1.82, 2.24) is 10.6 Å². The van der Waals surface area contributed by atoms with Crippen LogP contribution in [0.25, 0.3) is 0 Å². The Kier molecular flexibility index (Phi) is 6.05. The second-order valence-electron chi connectivity index (χ2n) is 5.88. The highest BCUT2D eigenvalue weighted by Gasteiger charge is 2.17. The number of hydrogen-bond acceptors (Lipinski definition) is 2. The van der Waals surface area contributed by atoms with E-state index in [4.69, 9.17) is 5.73 Å². The van der Waals surface area contributed by atoms with Crippen LogP contribution in [0, 0.1) is 5.92 Å². The molecule has 120 valence electrons. The first kappa shape index (κ1) is 17.1. The van der Waals surface area contributed by atoms with Crippen LogP contribution < -0.4 is 16.4 Å². The van der Waals surface area contributed by atoms with Gasteiger partial charge < -0.3 is 16.4 Å². The molecule has 2 aliphatic rings. The van der Waals surface area contributed by atoms with Crippen LogP contribution in [0.4, 0.5) is 0 Å². The van der Waals surface area contributed by atoms with Crippen molar-refractivity contribution >= 4 is 35.8 Å². The van der Waals surface area contributed by atoms with E-state index in [0.29, 0.717) is 12.5 Å². The van der Waals surface area contributed by atoms with Crippen molar-refractivity contribution in [3.05, 3.63) is 34.9 Å². The van der Waals surface area contributed by atoms with Crippen molar-refractivity contribution in [3.8, 4) is 0 Å². The molecule has 1 fully saturated rings. The molecule has 3 rings (SSSR count). The molecular formula is C16H23IN4O. The fourth-order valence-corrected chi connectivity index (χ4v) is 2.74. The van der Waals surface area contributed by atoms with E-state index in [1.54, 1.807) is 0 Å². The summed E-state index contributed by atoms with van der Waals surface area (Å²) < 4.78 is 0. The number of nitrogens with zero attached hydrogens (tertiary/aromatic N) is 1. The molecule has 1 heterocycles. The average molecular weight is 414 g/mol. The van der Waals surface area contributed by atoms with E-state index in [-0.39, 0.29) is 29.9 Å².